The maximum absolute atomic E-state index is 5.34. The topological polar surface area (TPSA) is 55.9 Å². The van der Waals surface area contributed by atoms with Gasteiger partial charge in [-0.05, 0) is 13.0 Å². The Bertz CT molecular complexity index is 206. The van der Waals surface area contributed by atoms with E-state index in [1.54, 1.807) is 10.9 Å². The Balaban J connectivity index is 2.32. The van der Waals surface area contributed by atoms with E-state index in [4.69, 9.17) is 5.73 Å². The molecule has 0 saturated carbocycles. The first-order chi connectivity index (χ1) is 5.34. The zero-order valence-electron chi connectivity index (χ0n) is 6.75. The van der Waals surface area contributed by atoms with Crippen molar-refractivity contribution in [2.45, 2.75) is 6.42 Å². The van der Waals surface area contributed by atoms with Gasteiger partial charge in [-0.15, -0.1) is 0 Å². The summed E-state index contributed by atoms with van der Waals surface area (Å²) in [6.45, 7) is 1.64. The molecule has 1 aromatic heterocycles. The quantitative estimate of drug-likeness (QED) is 0.608. The Morgan fingerprint density at radius 3 is 3.09 bits per heavy atom. The lowest BCUT2D eigenvalue weighted by atomic mass is 10.4. The van der Waals surface area contributed by atoms with Gasteiger partial charge < -0.3 is 11.1 Å². The van der Waals surface area contributed by atoms with Crippen LogP contribution >= 0.6 is 0 Å². The van der Waals surface area contributed by atoms with Crippen LogP contribution < -0.4 is 11.1 Å². The standard InChI is InChI=1S/C7H14N4/c1-11-7(3-6-10-11)9-5-2-4-8/h3,6,9H,2,4-5,8H2,1H3. The molecule has 62 valence electrons. The fourth-order valence-corrected chi connectivity index (χ4v) is 0.866. The van der Waals surface area contributed by atoms with E-state index in [9.17, 15) is 0 Å². The van der Waals surface area contributed by atoms with E-state index < -0.39 is 0 Å². The summed E-state index contributed by atoms with van der Waals surface area (Å²) < 4.78 is 1.80. The van der Waals surface area contributed by atoms with Crippen LogP contribution in [0.2, 0.25) is 0 Å². The van der Waals surface area contributed by atoms with Crippen LogP contribution in [0.4, 0.5) is 5.82 Å². The molecule has 1 rings (SSSR count). The third-order valence-electron chi connectivity index (χ3n) is 1.51. The van der Waals surface area contributed by atoms with Gasteiger partial charge in [0.1, 0.15) is 5.82 Å². The molecule has 4 nitrogen and oxygen atoms in total. The normalized spacial score (nSPS) is 10.0. The molecule has 1 heterocycles. The molecule has 0 saturated heterocycles. The number of hydrogen-bond acceptors (Lipinski definition) is 3. The first kappa shape index (κ1) is 8.07. The zero-order chi connectivity index (χ0) is 8.10. The van der Waals surface area contributed by atoms with Crippen molar-refractivity contribution in [2.75, 3.05) is 18.4 Å². The summed E-state index contributed by atoms with van der Waals surface area (Å²) in [7, 11) is 1.91. The summed E-state index contributed by atoms with van der Waals surface area (Å²) in [5.41, 5.74) is 5.34. The predicted octanol–water partition coefficient (Wildman–Crippen LogP) is 0.181. The molecule has 0 atom stereocenters. The maximum atomic E-state index is 5.34. The minimum Gasteiger partial charge on any atom is -0.370 e. The van der Waals surface area contributed by atoms with E-state index in [0.717, 1.165) is 25.3 Å². The van der Waals surface area contributed by atoms with Crippen molar-refractivity contribution in [3.8, 4) is 0 Å². The van der Waals surface area contributed by atoms with Crippen LogP contribution in [0.5, 0.6) is 0 Å². The second-order valence-electron chi connectivity index (χ2n) is 2.41. The average Bonchev–Trinajstić information content (AvgIpc) is 2.37. The van der Waals surface area contributed by atoms with Crippen molar-refractivity contribution >= 4 is 5.82 Å². The summed E-state index contributed by atoms with van der Waals surface area (Å²) in [5, 5.41) is 7.23. The van der Waals surface area contributed by atoms with Crippen molar-refractivity contribution in [1.29, 1.82) is 0 Å². The number of aromatic nitrogens is 2. The van der Waals surface area contributed by atoms with Crippen LogP contribution in [0.25, 0.3) is 0 Å². The molecular weight excluding hydrogens is 140 g/mol. The number of nitrogens with two attached hydrogens (primary N) is 1. The molecule has 4 heteroatoms. The Kier molecular flexibility index (Phi) is 2.92. The van der Waals surface area contributed by atoms with E-state index in [2.05, 4.69) is 10.4 Å². The molecule has 0 amide bonds. The molecule has 0 aliphatic heterocycles. The summed E-state index contributed by atoms with van der Waals surface area (Å²) >= 11 is 0. The summed E-state index contributed by atoms with van der Waals surface area (Å²) in [6, 6.07) is 1.94. The van der Waals surface area contributed by atoms with Crippen molar-refractivity contribution in [3.63, 3.8) is 0 Å². The number of hydrogen-bond donors (Lipinski definition) is 2. The van der Waals surface area contributed by atoms with Crippen LogP contribution in [0.15, 0.2) is 12.3 Å². The number of nitrogens with one attached hydrogen (secondary N) is 1. The van der Waals surface area contributed by atoms with Crippen molar-refractivity contribution in [3.05, 3.63) is 12.3 Å². The first-order valence-electron chi connectivity index (χ1n) is 3.76. The molecular formula is C7H14N4. The second kappa shape index (κ2) is 3.98. The van der Waals surface area contributed by atoms with Gasteiger partial charge in [-0.25, -0.2) is 0 Å². The molecule has 0 unspecified atom stereocenters. The zero-order valence-corrected chi connectivity index (χ0v) is 6.75. The van der Waals surface area contributed by atoms with E-state index in [0.29, 0.717) is 0 Å². The highest BCUT2D eigenvalue weighted by atomic mass is 15.3. The van der Waals surface area contributed by atoms with Gasteiger partial charge in [0.25, 0.3) is 0 Å². The highest BCUT2D eigenvalue weighted by Gasteiger charge is 1.93. The summed E-state index contributed by atoms with van der Waals surface area (Å²) in [5.74, 6) is 1.04. The van der Waals surface area contributed by atoms with Gasteiger partial charge in [0.2, 0.25) is 0 Å². The third-order valence-corrected chi connectivity index (χ3v) is 1.51. The van der Waals surface area contributed by atoms with Gasteiger partial charge in [0.15, 0.2) is 0 Å². The van der Waals surface area contributed by atoms with Gasteiger partial charge in [-0.3, -0.25) is 4.68 Å². The van der Waals surface area contributed by atoms with Gasteiger partial charge in [0, 0.05) is 19.7 Å². The lowest BCUT2D eigenvalue weighted by molar-refractivity contribution is 0.762. The number of nitrogens with zero attached hydrogens (tertiary/aromatic N) is 2. The van der Waals surface area contributed by atoms with Crippen molar-refractivity contribution in [1.82, 2.24) is 9.78 Å². The molecule has 11 heavy (non-hydrogen) atoms. The predicted molar refractivity (Wildman–Crippen MR) is 45.4 cm³/mol. The molecule has 0 fully saturated rings. The monoisotopic (exact) mass is 154 g/mol. The minimum absolute atomic E-state index is 0.727. The van der Waals surface area contributed by atoms with Gasteiger partial charge in [0.05, 0.1) is 6.20 Å². The van der Waals surface area contributed by atoms with Crippen LogP contribution in [-0.4, -0.2) is 22.9 Å². The smallest absolute Gasteiger partial charge is 0.123 e. The SMILES string of the molecule is Cn1nccc1NCCCN. The second-order valence-corrected chi connectivity index (χ2v) is 2.41. The largest absolute Gasteiger partial charge is 0.370 e. The molecule has 0 aliphatic rings. The molecule has 0 spiro atoms. The molecule has 0 radical (unpaired) electrons. The lowest BCUT2D eigenvalue weighted by Gasteiger charge is -2.03. The lowest BCUT2D eigenvalue weighted by Crippen LogP contribution is -2.10. The van der Waals surface area contributed by atoms with Crippen molar-refractivity contribution < 1.29 is 0 Å². The van der Waals surface area contributed by atoms with E-state index in [1.807, 2.05) is 13.1 Å². The fraction of sp³-hybridized carbons (Fsp3) is 0.571. The number of rotatable bonds is 4. The maximum Gasteiger partial charge on any atom is 0.123 e. The number of aryl methyl sites for hydroxylation is 1. The van der Waals surface area contributed by atoms with Gasteiger partial charge >= 0.3 is 0 Å². The molecule has 0 bridgehead atoms. The Labute approximate surface area is 66.4 Å². The molecule has 0 aliphatic carbocycles. The van der Waals surface area contributed by atoms with E-state index in [1.165, 1.54) is 0 Å². The van der Waals surface area contributed by atoms with E-state index >= 15 is 0 Å². The summed E-state index contributed by atoms with van der Waals surface area (Å²) in [4.78, 5) is 0. The van der Waals surface area contributed by atoms with E-state index in [-0.39, 0.29) is 0 Å². The Hall–Kier alpha value is -1.03. The van der Waals surface area contributed by atoms with Crippen LogP contribution in [0, 0.1) is 0 Å². The van der Waals surface area contributed by atoms with Gasteiger partial charge in [-0.2, -0.15) is 5.10 Å². The Morgan fingerprint density at radius 2 is 2.55 bits per heavy atom. The van der Waals surface area contributed by atoms with Crippen LogP contribution in [-0.2, 0) is 7.05 Å². The first-order valence-corrected chi connectivity index (χ1v) is 3.76. The fourth-order valence-electron chi connectivity index (χ4n) is 0.866. The highest BCUT2D eigenvalue weighted by Crippen LogP contribution is 2.01. The third kappa shape index (κ3) is 2.23. The van der Waals surface area contributed by atoms with Crippen LogP contribution in [0.1, 0.15) is 6.42 Å². The summed E-state index contributed by atoms with van der Waals surface area (Å²) in [6.07, 6.45) is 2.76. The van der Waals surface area contributed by atoms with Gasteiger partial charge in [-0.1, -0.05) is 0 Å². The average molecular weight is 154 g/mol. The Morgan fingerprint density at radius 1 is 1.73 bits per heavy atom. The van der Waals surface area contributed by atoms with Crippen molar-refractivity contribution in [2.24, 2.45) is 12.8 Å². The molecule has 0 aromatic carbocycles. The highest BCUT2D eigenvalue weighted by molar-refractivity contribution is 5.32. The molecule has 1 aromatic rings. The van der Waals surface area contributed by atoms with Crippen LogP contribution in [0.3, 0.4) is 0 Å². The molecule has 3 N–H and O–H groups in total. The number of anilines is 1. The minimum atomic E-state index is 0.727.